The summed E-state index contributed by atoms with van der Waals surface area (Å²) in [5, 5.41) is 5.80. The van der Waals surface area contributed by atoms with E-state index in [1.807, 2.05) is 63.2 Å². The molecule has 1 heterocycles. The number of carbonyl (C=O) groups excluding carboxylic acids is 2. The first-order valence-electron chi connectivity index (χ1n) is 9.85. The molecule has 0 saturated carbocycles. The number of rotatable bonds is 9. The van der Waals surface area contributed by atoms with Gasteiger partial charge in [-0.15, -0.1) is 11.3 Å². The second kappa shape index (κ2) is 10.4. The highest BCUT2D eigenvalue weighted by Crippen LogP contribution is 2.32. The van der Waals surface area contributed by atoms with Crippen LogP contribution in [0.1, 0.15) is 27.2 Å². The van der Waals surface area contributed by atoms with E-state index in [9.17, 15) is 9.59 Å². The van der Waals surface area contributed by atoms with Crippen LogP contribution in [0.4, 0.5) is 11.4 Å². The number of hydrogen-bond acceptors (Lipinski definition) is 6. The highest BCUT2D eigenvalue weighted by Gasteiger charge is 2.15. The van der Waals surface area contributed by atoms with Crippen LogP contribution in [0, 0.1) is 5.92 Å². The van der Waals surface area contributed by atoms with Crippen molar-refractivity contribution in [1.29, 1.82) is 0 Å². The smallest absolute Gasteiger partial charge is 0.228 e. The molecule has 0 aliphatic heterocycles. The Morgan fingerprint density at radius 1 is 1.10 bits per heavy atom. The summed E-state index contributed by atoms with van der Waals surface area (Å²) in [6, 6.07) is 13.1. The summed E-state index contributed by atoms with van der Waals surface area (Å²) < 4.78 is 7.33. The van der Waals surface area contributed by atoms with Gasteiger partial charge in [-0.1, -0.05) is 25.6 Å². The normalized spacial score (nSPS) is 11.8. The van der Waals surface area contributed by atoms with Crippen molar-refractivity contribution >= 4 is 56.5 Å². The number of carbonyl (C=O) groups is 2. The molecule has 3 aromatic rings. The van der Waals surface area contributed by atoms with Gasteiger partial charge in [0.2, 0.25) is 11.8 Å². The van der Waals surface area contributed by atoms with Crippen LogP contribution in [0.15, 0.2) is 46.8 Å². The standard InChI is InChI=1S/C22H25N3O3S2/c1-4-20(26)23-16-8-11-18-19(12-16)30-22(25-18)29-13-14(3)21(27)24-15-6-9-17(10-7-15)28-5-2/h6-12,14H,4-5,13H2,1-3H3,(H,23,26)(H,24,27). The van der Waals surface area contributed by atoms with Gasteiger partial charge in [-0.3, -0.25) is 9.59 Å². The summed E-state index contributed by atoms with van der Waals surface area (Å²) in [4.78, 5) is 28.7. The van der Waals surface area contributed by atoms with E-state index in [1.165, 1.54) is 0 Å². The number of ether oxygens (including phenoxy) is 1. The SMILES string of the molecule is CCOc1ccc(NC(=O)C(C)CSc2nc3ccc(NC(=O)CC)cc3s2)cc1. The van der Waals surface area contributed by atoms with Crippen LogP contribution in [0.25, 0.3) is 10.2 Å². The van der Waals surface area contributed by atoms with Gasteiger partial charge in [0.25, 0.3) is 0 Å². The Kier molecular flexibility index (Phi) is 7.70. The summed E-state index contributed by atoms with van der Waals surface area (Å²) in [6.07, 6.45) is 0.443. The maximum atomic E-state index is 12.5. The Morgan fingerprint density at radius 2 is 1.83 bits per heavy atom. The van der Waals surface area contributed by atoms with Gasteiger partial charge in [-0.2, -0.15) is 0 Å². The Labute approximate surface area is 184 Å². The van der Waals surface area contributed by atoms with Crippen LogP contribution in [0.3, 0.4) is 0 Å². The van der Waals surface area contributed by atoms with Crippen molar-refractivity contribution in [1.82, 2.24) is 4.98 Å². The van der Waals surface area contributed by atoms with Gasteiger partial charge < -0.3 is 15.4 Å². The van der Waals surface area contributed by atoms with E-state index < -0.39 is 0 Å². The molecule has 0 spiro atoms. The number of nitrogens with zero attached hydrogens (tertiary/aromatic N) is 1. The van der Waals surface area contributed by atoms with E-state index in [4.69, 9.17) is 4.74 Å². The van der Waals surface area contributed by atoms with Gasteiger partial charge >= 0.3 is 0 Å². The molecular formula is C22H25N3O3S2. The average molecular weight is 444 g/mol. The van der Waals surface area contributed by atoms with Crippen molar-refractivity contribution in [2.45, 2.75) is 31.5 Å². The molecule has 0 fully saturated rings. The third-order valence-electron chi connectivity index (χ3n) is 4.31. The van der Waals surface area contributed by atoms with Crippen LogP contribution >= 0.6 is 23.1 Å². The first-order chi connectivity index (χ1) is 14.5. The first-order valence-corrected chi connectivity index (χ1v) is 11.7. The average Bonchev–Trinajstić information content (AvgIpc) is 3.15. The fraction of sp³-hybridized carbons (Fsp3) is 0.318. The minimum Gasteiger partial charge on any atom is -0.494 e. The molecule has 8 heteroatoms. The van der Waals surface area contributed by atoms with Gasteiger partial charge in [-0.25, -0.2) is 4.98 Å². The van der Waals surface area contributed by atoms with E-state index in [0.29, 0.717) is 18.8 Å². The zero-order valence-corrected chi connectivity index (χ0v) is 18.9. The molecule has 0 aliphatic carbocycles. The molecule has 30 heavy (non-hydrogen) atoms. The fourth-order valence-electron chi connectivity index (χ4n) is 2.63. The number of hydrogen-bond donors (Lipinski definition) is 2. The van der Waals surface area contributed by atoms with Crippen LogP contribution in [-0.4, -0.2) is 29.2 Å². The third-order valence-corrected chi connectivity index (χ3v) is 6.73. The van der Waals surface area contributed by atoms with Gasteiger partial charge in [-0.05, 0) is 49.4 Å². The minimum absolute atomic E-state index is 0.0131. The lowest BCUT2D eigenvalue weighted by Crippen LogP contribution is -2.22. The summed E-state index contributed by atoms with van der Waals surface area (Å²) in [6.45, 7) is 6.27. The second-order valence-electron chi connectivity index (χ2n) is 6.72. The Morgan fingerprint density at radius 3 is 2.53 bits per heavy atom. The van der Waals surface area contributed by atoms with E-state index >= 15 is 0 Å². The van der Waals surface area contributed by atoms with E-state index in [-0.39, 0.29) is 17.7 Å². The van der Waals surface area contributed by atoms with E-state index in [2.05, 4.69) is 15.6 Å². The maximum absolute atomic E-state index is 12.5. The zero-order chi connectivity index (χ0) is 21.5. The number of amides is 2. The summed E-state index contributed by atoms with van der Waals surface area (Å²) in [5.41, 5.74) is 2.42. The number of anilines is 2. The molecule has 0 bridgehead atoms. The molecular weight excluding hydrogens is 418 g/mol. The molecule has 2 aromatic carbocycles. The molecule has 2 N–H and O–H groups in total. The molecule has 2 amide bonds. The highest BCUT2D eigenvalue weighted by molar-refractivity contribution is 8.01. The minimum atomic E-state index is -0.173. The predicted octanol–water partition coefficient (Wildman–Crippen LogP) is 5.41. The van der Waals surface area contributed by atoms with Crippen molar-refractivity contribution in [2.75, 3.05) is 23.0 Å². The molecule has 6 nitrogen and oxygen atoms in total. The van der Waals surface area contributed by atoms with Gasteiger partial charge in [0.1, 0.15) is 5.75 Å². The zero-order valence-electron chi connectivity index (χ0n) is 17.2. The molecule has 0 radical (unpaired) electrons. The molecule has 0 aliphatic rings. The summed E-state index contributed by atoms with van der Waals surface area (Å²) in [7, 11) is 0. The summed E-state index contributed by atoms with van der Waals surface area (Å²) >= 11 is 3.13. The maximum Gasteiger partial charge on any atom is 0.228 e. The van der Waals surface area contributed by atoms with Crippen LogP contribution in [-0.2, 0) is 9.59 Å². The first kappa shape index (κ1) is 22.1. The second-order valence-corrected chi connectivity index (χ2v) is 9.02. The molecule has 158 valence electrons. The molecule has 1 unspecified atom stereocenters. The van der Waals surface area contributed by atoms with Crippen LogP contribution < -0.4 is 15.4 Å². The van der Waals surface area contributed by atoms with Crippen LogP contribution in [0.2, 0.25) is 0 Å². The fourth-order valence-corrected chi connectivity index (χ4v) is 4.78. The Bertz CT molecular complexity index is 1020. The molecule has 3 rings (SSSR count). The van der Waals surface area contributed by atoms with E-state index in [1.54, 1.807) is 23.1 Å². The van der Waals surface area contributed by atoms with Crippen molar-refractivity contribution < 1.29 is 14.3 Å². The van der Waals surface area contributed by atoms with Crippen molar-refractivity contribution in [2.24, 2.45) is 5.92 Å². The largest absolute Gasteiger partial charge is 0.494 e. The Balaban J connectivity index is 1.55. The van der Waals surface area contributed by atoms with Crippen LogP contribution in [0.5, 0.6) is 5.75 Å². The van der Waals surface area contributed by atoms with Gasteiger partial charge in [0.05, 0.1) is 16.8 Å². The molecule has 1 aromatic heterocycles. The molecule has 1 atom stereocenters. The quantitative estimate of drug-likeness (QED) is 0.432. The van der Waals surface area contributed by atoms with Gasteiger partial charge in [0, 0.05) is 29.5 Å². The lowest BCUT2D eigenvalue weighted by molar-refractivity contribution is -0.119. The van der Waals surface area contributed by atoms with E-state index in [0.717, 1.165) is 31.7 Å². The lowest BCUT2D eigenvalue weighted by atomic mass is 10.2. The monoisotopic (exact) mass is 443 g/mol. The highest BCUT2D eigenvalue weighted by atomic mass is 32.2. The Hall–Kier alpha value is -2.58. The topological polar surface area (TPSA) is 80.3 Å². The lowest BCUT2D eigenvalue weighted by Gasteiger charge is -2.11. The van der Waals surface area contributed by atoms with Crippen molar-refractivity contribution in [3.8, 4) is 5.75 Å². The number of nitrogens with one attached hydrogen (secondary N) is 2. The predicted molar refractivity (Wildman–Crippen MR) is 125 cm³/mol. The number of aromatic nitrogens is 1. The number of thioether (sulfide) groups is 1. The van der Waals surface area contributed by atoms with Crippen molar-refractivity contribution in [3.63, 3.8) is 0 Å². The van der Waals surface area contributed by atoms with Crippen molar-refractivity contribution in [3.05, 3.63) is 42.5 Å². The van der Waals surface area contributed by atoms with Gasteiger partial charge in [0.15, 0.2) is 4.34 Å². The third kappa shape index (κ3) is 5.96. The number of fused-ring (bicyclic) bond motifs is 1. The summed E-state index contributed by atoms with van der Waals surface area (Å²) in [5.74, 6) is 1.20. The number of thiazole rings is 1. The number of benzene rings is 2. The molecule has 0 saturated heterocycles.